The Labute approximate surface area is 59.4 Å². The van der Waals surface area contributed by atoms with Gasteiger partial charge in [0.2, 0.25) is 0 Å². The Kier molecular flexibility index (Phi) is 4.73. The topological polar surface area (TPSA) is 51.8 Å². The molecule has 52 valence electrons. The van der Waals surface area contributed by atoms with E-state index in [9.17, 15) is 0 Å². The first-order valence-electron chi connectivity index (χ1n) is 2.70. The molecule has 0 aliphatic carbocycles. The van der Waals surface area contributed by atoms with Crippen molar-refractivity contribution in [1.29, 1.82) is 0 Å². The van der Waals surface area contributed by atoms with Crippen LogP contribution in [-0.4, -0.2) is 18.0 Å². The van der Waals surface area contributed by atoms with Gasteiger partial charge in [-0.2, -0.15) is 0 Å². The van der Waals surface area contributed by atoms with Crippen LogP contribution in [0.15, 0.2) is 30.0 Å². The normalized spacial score (nSPS) is 11.1. The van der Waals surface area contributed by atoms with Crippen LogP contribution in [0, 0.1) is 0 Å². The standard InChI is InChI=1S/C6H9N4/c1-3-4-5-10(2)6-8-9-7/h3-6H,1H2,2H3/q+1/b5-4-,10-6?. The van der Waals surface area contributed by atoms with E-state index in [1.807, 2.05) is 0 Å². The Balaban J connectivity index is 4.05. The Bertz CT molecular complexity index is 208. The lowest BCUT2D eigenvalue weighted by molar-refractivity contribution is -0.417. The smallest absolute Gasteiger partial charge is 0.150 e. The average Bonchev–Trinajstić information content (AvgIpc) is 1.97. The number of hydrogen-bond donors (Lipinski definition) is 0. The van der Waals surface area contributed by atoms with Crippen LogP contribution >= 0.6 is 0 Å². The van der Waals surface area contributed by atoms with Crippen molar-refractivity contribution in [2.24, 2.45) is 5.11 Å². The molecule has 0 unspecified atom stereocenters. The molecular weight excluding hydrogens is 128 g/mol. The van der Waals surface area contributed by atoms with Crippen molar-refractivity contribution in [2.45, 2.75) is 0 Å². The Hall–Kier alpha value is -1.54. The van der Waals surface area contributed by atoms with Gasteiger partial charge in [-0.25, -0.2) is 0 Å². The highest BCUT2D eigenvalue weighted by Gasteiger charge is 1.74. The summed E-state index contributed by atoms with van der Waals surface area (Å²) >= 11 is 0. The Morgan fingerprint density at radius 3 is 2.90 bits per heavy atom. The van der Waals surface area contributed by atoms with E-state index < -0.39 is 0 Å². The van der Waals surface area contributed by atoms with Crippen molar-refractivity contribution < 1.29 is 4.58 Å². The molecule has 0 N–H and O–H groups in total. The first-order chi connectivity index (χ1) is 4.81. The highest BCUT2D eigenvalue weighted by atomic mass is 15.2. The maximum Gasteiger partial charge on any atom is 0.150 e. The zero-order chi connectivity index (χ0) is 7.82. The molecule has 4 heteroatoms. The molecule has 0 radical (unpaired) electrons. The molecule has 0 bridgehead atoms. The van der Waals surface area contributed by atoms with Gasteiger partial charge in [0.15, 0.2) is 6.34 Å². The van der Waals surface area contributed by atoms with Crippen LogP contribution in [0.5, 0.6) is 0 Å². The number of rotatable bonds is 3. The third-order valence-electron chi connectivity index (χ3n) is 0.743. The van der Waals surface area contributed by atoms with Gasteiger partial charge in [0.25, 0.3) is 0 Å². The third kappa shape index (κ3) is 4.61. The van der Waals surface area contributed by atoms with Crippen LogP contribution in [-0.2, 0) is 0 Å². The first-order valence-corrected chi connectivity index (χ1v) is 2.70. The SMILES string of the molecule is C=C/C=C\[N+](C)=CN=[N+]=[N-]. The minimum Gasteiger partial charge on any atom is -0.274 e. The van der Waals surface area contributed by atoms with Crippen LogP contribution in [0.3, 0.4) is 0 Å². The molecule has 10 heavy (non-hydrogen) atoms. The summed E-state index contributed by atoms with van der Waals surface area (Å²) in [5.41, 5.74) is 7.90. The second-order valence-corrected chi connectivity index (χ2v) is 1.56. The van der Waals surface area contributed by atoms with E-state index >= 15 is 0 Å². The van der Waals surface area contributed by atoms with Crippen molar-refractivity contribution >= 4 is 6.34 Å². The number of azide groups is 1. The van der Waals surface area contributed by atoms with Crippen LogP contribution in [0.1, 0.15) is 0 Å². The van der Waals surface area contributed by atoms with E-state index in [1.165, 1.54) is 6.34 Å². The number of nitrogens with zero attached hydrogens (tertiary/aromatic N) is 4. The molecule has 0 saturated carbocycles. The van der Waals surface area contributed by atoms with Gasteiger partial charge in [-0.15, -0.1) is 0 Å². The molecule has 0 aliphatic rings. The average molecular weight is 137 g/mol. The van der Waals surface area contributed by atoms with Gasteiger partial charge in [0.05, 0.1) is 13.2 Å². The first kappa shape index (κ1) is 8.46. The summed E-state index contributed by atoms with van der Waals surface area (Å²) < 4.78 is 1.63. The van der Waals surface area contributed by atoms with Gasteiger partial charge in [-0.1, -0.05) is 12.7 Å². The van der Waals surface area contributed by atoms with Crippen molar-refractivity contribution in [3.8, 4) is 0 Å². The molecule has 0 spiro atoms. The van der Waals surface area contributed by atoms with Gasteiger partial charge in [0.1, 0.15) is 0 Å². The number of hydrogen-bond acceptors (Lipinski definition) is 0. The van der Waals surface area contributed by atoms with Crippen LogP contribution < -0.4 is 0 Å². The zero-order valence-corrected chi connectivity index (χ0v) is 5.81. The van der Waals surface area contributed by atoms with Crippen molar-refractivity contribution in [3.63, 3.8) is 0 Å². The fourth-order valence-corrected chi connectivity index (χ4v) is 0.340. The van der Waals surface area contributed by atoms with Crippen LogP contribution in [0.25, 0.3) is 10.4 Å². The second kappa shape index (κ2) is 5.59. The van der Waals surface area contributed by atoms with Crippen molar-refractivity contribution in [1.82, 2.24) is 0 Å². The van der Waals surface area contributed by atoms with E-state index in [4.69, 9.17) is 5.53 Å². The second-order valence-electron chi connectivity index (χ2n) is 1.56. The van der Waals surface area contributed by atoms with Gasteiger partial charge in [-0.3, -0.25) is 4.58 Å². The summed E-state index contributed by atoms with van der Waals surface area (Å²) in [5.74, 6) is 0. The van der Waals surface area contributed by atoms with Crippen molar-refractivity contribution in [2.75, 3.05) is 7.05 Å². The van der Waals surface area contributed by atoms with Gasteiger partial charge in [0, 0.05) is 4.91 Å². The molecule has 0 heterocycles. The maximum absolute atomic E-state index is 7.90. The molecule has 0 aromatic carbocycles. The summed E-state index contributed by atoms with van der Waals surface area (Å²) in [4.78, 5) is 2.55. The van der Waals surface area contributed by atoms with Gasteiger partial charge in [-0.05, 0) is 16.7 Å². The fraction of sp³-hybridized carbons (Fsp3) is 0.167. The minimum atomic E-state index is 1.36. The maximum atomic E-state index is 7.90. The molecule has 0 amide bonds. The molecule has 0 saturated heterocycles. The summed E-state index contributed by atoms with van der Waals surface area (Å²) in [6.45, 7) is 3.48. The summed E-state index contributed by atoms with van der Waals surface area (Å²) in [7, 11) is 1.76. The van der Waals surface area contributed by atoms with Crippen LogP contribution in [0.2, 0.25) is 0 Å². The van der Waals surface area contributed by atoms with E-state index in [0.29, 0.717) is 0 Å². The summed E-state index contributed by atoms with van der Waals surface area (Å²) in [6, 6.07) is 0. The molecule has 0 aromatic heterocycles. The van der Waals surface area contributed by atoms with E-state index in [2.05, 4.69) is 16.6 Å². The molecule has 4 nitrogen and oxygen atoms in total. The number of allylic oxidation sites excluding steroid dienone is 2. The molecular formula is C6H9N4+. The molecule has 0 aromatic rings. The van der Waals surface area contributed by atoms with Crippen molar-refractivity contribution in [3.05, 3.63) is 35.4 Å². The predicted octanol–water partition coefficient (Wildman–Crippen LogP) is 1.67. The quantitative estimate of drug-likeness (QED) is 0.108. The van der Waals surface area contributed by atoms with E-state index in [1.54, 1.807) is 30.0 Å². The van der Waals surface area contributed by atoms with Gasteiger partial charge >= 0.3 is 0 Å². The van der Waals surface area contributed by atoms with E-state index in [0.717, 1.165) is 0 Å². The fourth-order valence-electron chi connectivity index (χ4n) is 0.340. The monoisotopic (exact) mass is 137 g/mol. The summed E-state index contributed by atoms with van der Waals surface area (Å²) in [6.07, 6.45) is 6.46. The molecule has 0 rings (SSSR count). The predicted molar refractivity (Wildman–Crippen MR) is 40.7 cm³/mol. The highest BCUT2D eigenvalue weighted by Crippen LogP contribution is 1.73. The van der Waals surface area contributed by atoms with Gasteiger partial charge < -0.3 is 0 Å². The zero-order valence-electron chi connectivity index (χ0n) is 5.81. The Morgan fingerprint density at radius 2 is 2.40 bits per heavy atom. The van der Waals surface area contributed by atoms with Crippen LogP contribution in [0.4, 0.5) is 0 Å². The largest absolute Gasteiger partial charge is 0.274 e. The molecule has 0 aliphatic heterocycles. The lowest BCUT2D eigenvalue weighted by atomic mass is 10.6. The van der Waals surface area contributed by atoms with E-state index in [-0.39, 0.29) is 0 Å². The molecule has 0 atom stereocenters. The highest BCUT2D eigenvalue weighted by molar-refractivity contribution is 5.48. The lowest BCUT2D eigenvalue weighted by Crippen LogP contribution is -1.93. The summed E-state index contributed by atoms with van der Waals surface area (Å²) in [5, 5.41) is 3.22. The third-order valence-corrected chi connectivity index (χ3v) is 0.743. The molecule has 0 fully saturated rings. The lowest BCUT2D eigenvalue weighted by Gasteiger charge is -1.84. The Morgan fingerprint density at radius 1 is 1.70 bits per heavy atom. The minimum absolute atomic E-state index is 1.36.